The molecule has 1 aromatic carbocycles. The Hall–Kier alpha value is -2.35. The SMILES string of the molecule is COCc1cc(N)nc(-c2ccc(OC(F)(F)F)cc2)n1. The summed E-state index contributed by atoms with van der Waals surface area (Å²) in [6.45, 7) is 0.259. The number of nitrogen functional groups attached to an aromatic ring is 1. The Labute approximate surface area is 118 Å². The van der Waals surface area contributed by atoms with E-state index in [4.69, 9.17) is 10.5 Å². The molecule has 5 nitrogen and oxygen atoms in total. The van der Waals surface area contributed by atoms with Gasteiger partial charge in [0.05, 0.1) is 12.3 Å². The van der Waals surface area contributed by atoms with Gasteiger partial charge in [0.2, 0.25) is 0 Å². The van der Waals surface area contributed by atoms with Gasteiger partial charge in [0, 0.05) is 18.7 Å². The molecule has 21 heavy (non-hydrogen) atoms. The van der Waals surface area contributed by atoms with Gasteiger partial charge in [-0.1, -0.05) is 0 Å². The molecule has 1 aromatic heterocycles. The lowest BCUT2D eigenvalue weighted by Crippen LogP contribution is -2.16. The molecular formula is C13H12F3N3O2. The summed E-state index contributed by atoms with van der Waals surface area (Å²) in [4.78, 5) is 8.26. The van der Waals surface area contributed by atoms with Gasteiger partial charge in [-0.2, -0.15) is 0 Å². The largest absolute Gasteiger partial charge is 0.573 e. The Bertz CT molecular complexity index is 615. The van der Waals surface area contributed by atoms with Crippen LogP contribution >= 0.6 is 0 Å². The molecule has 0 saturated heterocycles. The average molecular weight is 299 g/mol. The predicted molar refractivity (Wildman–Crippen MR) is 69.3 cm³/mol. The molecule has 0 unspecified atom stereocenters. The van der Waals surface area contributed by atoms with Crippen LogP contribution in [-0.4, -0.2) is 23.4 Å². The molecule has 8 heteroatoms. The Kier molecular flexibility index (Phi) is 4.27. The van der Waals surface area contributed by atoms with Crippen LogP contribution in [0.25, 0.3) is 11.4 Å². The first-order valence-corrected chi connectivity index (χ1v) is 5.86. The fourth-order valence-corrected chi connectivity index (χ4v) is 1.68. The number of anilines is 1. The number of methoxy groups -OCH3 is 1. The topological polar surface area (TPSA) is 70.3 Å². The fourth-order valence-electron chi connectivity index (χ4n) is 1.68. The number of alkyl halides is 3. The number of nitrogens with zero attached hydrogens (tertiary/aromatic N) is 2. The highest BCUT2D eigenvalue weighted by molar-refractivity contribution is 5.58. The van der Waals surface area contributed by atoms with Crippen molar-refractivity contribution < 1.29 is 22.6 Å². The van der Waals surface area contributed by atoms with E-state index in [-0.39, 0.29) is 18.2 Å². The smallest absolute Gasteiger partial charge is 0.406 e. The van der Waals surface area contributed by atoms with E-state index in [0.29, 0.717) is 17.1 Å². The summed E-state index contributed by atoms with van der Waals surface area (Å²) >= 11 is 0. The molecule has 0 radical (unpaired) electrons. The molecule has 0 atom stereocenters. The fraction of sp³-hybridized carbons (Fsp3) is 0.231. The van der Waals surface area contributed by atoms with Crippen LogP contribution in [0.1, 0.15) is 5.69 Å². The van der Waals surface area contributed by atoms with E-state index in [9.17, 15) is 13.2 Å². The normalized spacial score (nSPS) is 11.4. The Balaban J connectivity index is 2.26. The van der Waals surface area contributed by atoms with Crippen molar-refractivity contribution in [1.82, 2.24) is 9.97 Å². The van der Waals surface area contributed by atoms with Crippen molar-refractivity contribution in [3.05, 3.63) is 36.0 Å². The molecule has 112 valence electrons. The Morgan fingerprint density at radius 3 is 2.38 bits per heavy atom. The van der Waals surface area contributed by atoms with Crippen molar-refractivity contribution in [2.75, 3.05) is 12.8 Å². The van der Waals surface area contributed by atoms with Gasteiger partial charge < -0.3 is 15.2 Å². The van der Waals surface area contributed by atoms with E-state index < -0.39 is 6.36 Å². The molecule has 2 N–H and O–H groups in total. The molecule has 0 fully saturated rings. The number of hydrogen-bond acceptors (Lipinski definition) is 5. The van der Waals surface area contributed by atoms with E-state index in [1.165, 1.54) is 31.4 Å². The number of aromatic nitrogens is 2. The van der Waals surface area contributed by atoms with Crippen molar-refractivity contribution in [1.29, 1.82) is 0 Å². The van der Waals surface area contributed by atoms with Gasteiger partial charge in [0.15, 0.2) is 5.82 Å². The minimum Gasteiger partial charge on any atom is -0.406 e. The van der Waals surface area contributed by atoms with Gasteiger partial charge >= 0.3 is 6.36 Å². The van der Waals surface area contributed by atoms with Crippen molar-refractivity contribution >= 4 is 5.82 Å². The third kappa shape index (κ3) is 4.32. The number of halogens is 3. The van der Waals surface area contributed by atoms with E-state index in [1.54, 1.807) is 6.07 Å². The molecule has 0 aliphatic heterocycles. The lowest BCUT2D eigenvalue weighted by atomic mass is 10.2. The number of ether oxygens (including phenoxy) is 2. The van der Waals surface area contributed by atoms with Gasteiger partial charge in [-0.25, -0.2) is 9.97 Å². The van der Waals surface area contributed by atoms with Crippen LogP contribution in [-0.2, 0) is 11.3 Å². The zero-order chi connectivity index (χ0) is 15.5. The summed E-state index contributed by atoms with van der Waals surface area (Å²) in [5.41, 5.74) is 6.76. The van der Waals surface area contributed by atoms with Crippen LogP contribution in [0.4, 0.5) is 19.0 Å². The Morgan fingerprint density at radius 1 is 1.14 bits per heavy atom. The number of benzene rings is 1. The van der Waals surface area contributed by atoms with E-state index in [0.717, 1.165) is 0 Å². The highest BCUT2D eigenvalue weighted by Crippen LogP contribution is 2.25. The monoisotopic (exact) mass is 299 g/mol. The first-order chi connectivity index (χ1) is 9.87. The maximum atomic E-state index is 12.1. The van der Waals surface area contributed by atoms with E-state index >= 15 is 0 Å². The van der Waals surface area contributed by atoms with E-state index in [1.807, 2.05) is 0 Å². The summed E-state index contributed by atoms with van der Waals surface area (Å²) in [5.74, 6) is 0.246. The van der Waals surface area contributed by atoms with Gasteiger partial charge in [0.1, 0.15) is 11.6 Å². The average Bonchev–Trinajstić information content (AvgIpc) is 2.37. The highest BCUT2D eigenvalue weighted by atomic mass is 19.4. The summed E-state index contributed by atoms with van der Waals surface area (Å²) in [5, 5.41) is 0. The minimum absolute atomic E-state index is 0.252. The molecule has 0 saturated carbocycles. The van der Waals surface area contributed by atoms with Gasteiger partial charge in [-0.3, -0.25) is 0 Å². The third-order valence-electron chi connectivity index (χ3n) is 2.44. The lowest BCUT2D eigenvalue weighted by Gasteiger charge is -2.09. The predicted octanol–water partition coefficient (Wildman–Crippen LogP) is 2.77. The number of hydrogen-bond donors (Lipinski definition) is 1. The van der Waals surface area contributed by atoms with E-state index in [2.05, 4.69) is 14.7 Å². The summed E-state index contributed by atoms with van der Waals surface area (Å²) in [6.07, 6.45) is -4.72. The van der Waals surface area contributed by atoms with Crippen LogP contribution in [0.2, 0.25) is 0 Å². The van der Waals surface area contributed by atoms with Gasteiger partial charge in [0.25, 0.3) is 0 Å². The van der Waals surface area contributed by atoms with Crippen molar-refractivity contribution in [3.63, 3.8) is 0 Å². The molecule has 1 heterocycles. The number of rotatable bonds is 4. The molecular weight excluding hydrogens is 287 g/mol. The quantitative estimate of drug-likeness (QED) is 0.940. The molecule has 0 amide bonds. The molecule has 0 spiro atoms. The molecule has 2 aromatic rings. The van der Waals surface area contributed by atoms with Crippen LogP contribution < -0.4 is 10.5 Å². The first kappa shape index (κ1) is 15.0. The van der Waals surface area contributed by atoms with Gasteiger partial charge in [-0.05, 0) is 24.3 Å². The minimum atomic E-state index is -4.72. The summed E-state index contributed by atoms with van der Waals surface area (Å²) < 4.78 is 45.0. The second kappa shape index (κ2) is 5.96. The first-order valence-electron chi connectivity index (χ1n) is 5.86. The Morgan fingerprint density at radius 2 is 1.81 bits per heavy atom. The number of nitrogens with two attached hydrogens (primary N) is 1. The summed E-state index contributed by atoms with van der Waals surface area (Å²) in [6, 6.07) is 6.78. The summed E-state index contributed by atoms with van der Waals surface area (Å²) in [7, 11) is 1.52. The molecule has 0 aliphatic carbocycles. The third-order valence-corrected chi connectivity index (χ3v) is 2.44. The standard InChI is InChI=1S/C13H12F3N3O2/c1-20-7-9-6-11(17)19-12(18-9)8-2-4-10(5-3-8)21-13(14,15)16/h2-6H,7H2,1H3,(H2,17,18,19). The van der Waals surface area contributed by atoms with Crippen LogP contribution in [0.15, 0.2) is 30.3 Å². The zero-order valence-corrected chi connectivity index (χ0v) is 11.0. The molecule has 0 bridgehead atoms. The lowest BCUT2D eigenvalue weighted by molar-refractivity contribution is -0.274. The molecule has 2 rings (SSSR count). The second-order valence-electron chi connectivity index (χ2n) is 4.11. The zero-order valence-electron chi connectivity index (χ0n) is 11.0. The second-order valence-corrected chi connectivity index (χ2v) is 4.11. The van der Waals surface area contributed by atoms with Crippen LogP contribution in [0.5, 0.6) is 5.75 Å². The highest BCUT2D eigenvalue weighted by Gasteiger charge is 2.30. The maximum Gasteiger partial charge on any atom is 0.573 e. The van der Waals surface area contributed by atoms with Crippen LogP contribution in [0.3, 0.4) is 0 Å². The van der Waals surface area contributed by atoms with Crippen molar-refractivity contribution in [2.45, 2.75) is 13.0 Å². The maximum absolute atomic E-state index is 12.1. The van der Waals surface area contributed by atoms with Gasteiger partial charge in [-0.15, -0.1) is 13.2 Å². The van der Waals surface area contributed by atoms with Crippen molar-refractivity contribution in [3.8, 4) is 17.1 Å². The van der Waals surface area contributed by atoms with Crippen LogP contribution in [0, 0.1) is 0 Å². The molecule has 0 aliphatic rings. The van der Waals surface area contributed by atoms with Crippen molar-refractivity contribution in [2.24, 2.45) is 0 Å².